The molecule has 1 aliphatic heterocycles. The third kappa shape index (κ3) is 6.41. The van der Waals surface area contributed by atoms with Gasteiger partial charge in [-0.1, -0.05) is 18.2 Å². The number of benzene rings is 2. The number of nitrogens with zero attached hydrogens (tertiary/aromatic N) is 2. The van der Waals surface area contributed by atoms with E-state index in [0.29, 0.717) is 0 Å². The molecule has 2 N–H and O–H groups in total. The molecule has 0 bridgehead atoms. The van der Waals surface area contributed by atoms with Gasteiger partial charge in [0.05, 0.1) is 13.2 Å². The van der Waals surface area contributed by atoms with E-state index < -0.39 is 11.8 Å². The van der Waals surface area contributed by atoms with Crippen molar-refractivity contribution in [3.63, 3.8) is 0 Å². The summed E-state index contributed by atoms with van der Waals surface area (Å²) in [6, 6.07) is 17.6. The summed E-state index contributed by atoms with van der Waals surface area (Å²) in [5.74, 6) is -0.897. The summed E-state index contributed by atoms with van der Waals surface area (Å²) in [6.45, 7) is 5.45. The van der Waals surface area contributed by atoms with E-state index in [2.05, 4.69) is 38.6 Å². The van der Waals surface area contributed by atoms with Crippen LogP contribution in [0.4, 0.5) is 10.1 Å². The molecular weight excluding hydrogens is 479 g/mol. The molecule has 2 amide bonds. The normalized spacial score (nSPS) is 15.7. The van der Waals surface area contributed by atoms with E-state index in [0.717, 1.165) is 48.1 Å². The van der Waals surface area contributed by atoms with Crippen LogP contribution in [0, 0.1) is 5.82 Å². The Hall–Kier alpha value is -3.43. The fourth-order valence-electron chi connectivity index (χ4n) is 4.47. The van der Waals surface area contributed by atoms with E-state index in [-0.39, 0.29) is 24.4 Å². The molecule has 0 saturated carbocycles. The van der Waals surface area contributed by atoms with Crippen LogP contribution >= 0.6 is 11.3 Å². The standard InChI is InChI=1S/C27H31FN4O3S/c1-19(30-27(34)26(33)29-18-20-5-7-21(28)8-6-20)25(24-4-3-17-36-24)32-15-13-31(14-16-32)22-9-11-23(35-2)12-10-22/h3-12,17,19,25H,13-16,18H2,1-2H3,(H,29,33)(H,30,34)/t19-,25+/m1/s1. The molecule has 0 aliphatic carbocycles. The Morgan fingerprint density at radius 1 is 1.00 bits per heavy atom. The zero-order chi connectivity index (χ0) is 25.5. The molecule has 0 spiro atoms. The van der Waals surface area contributed by atoms with Gasteiger partial charge in [0, 0.05) is 49.3 Å². The number of carbonyl (C=O) groups excluding carboxylic acids is 2. The van der Waals surface area contributed by atoms with Gasteiger partial charge < -0.3 is 20.3 Å². The van der Waals surface area contributed by atoms with Crippen LogP contribution in [-0.4, -0.2) is 56.0 Å². The first-order valence-electron chi connectivity index (χ1n) is 11.9. The molecule has 4 rings (SSSR count). The molecule has 36 heavy (non-hydrogen) atoms. The van der Waals surface area contributed by atoms with Crippen LogP contribution in [0.2, 0.25) is 0 Å². The van der Waals surface area contributed by atoms with E-state index in [4.69, 9.17) is 4.74 Å². The van der Waals surface area contributed by atoms with Crippen molar-refractivity contribution in [3.8, 4) is 5.75 Å². The molecule has 2 aromatic carbocycles. The fraction of sp³-hybridized carbons (Fsp3) is 0.333. The van der Waals surface area contributed by atoms with Crippen molar-refractivity contribution in [2.45, 2.75) is 25.6 Å². The highest BCUT2D eigenvalue weighted by Crippen LogP contribution is 2.30. The summed E-state index contributed by atoms with van der Waals surface area (Å²) in [4.78, 5) is 30.9. The second kappa shape index (κ2) is 12.0. The number of carbonyl (C=O) groups is 2. The van der Waals surface area contributed by atoms with Crippen molar-refractivity contribution in [2.75, 3.05) is 38.2 Å². The summed E-state index contributed by atoms with van der Waals surface area (Å²) >= 11 is 1.65. The zero-order valence-corrected chi connectivity index (χ0v) is 21.3. The maximum Gasteiger partial charge on any atom is 0.309 e. The van der Waals surface area contributed by atoms with Gasteiger partial charge >= 0.3 is 11.8 Å². The second-order valence-electron chi connectivity index (χ2n) is 8.75. The van der Waals surface area contributed by atoms with Crippen molar-refractivity contribution < 1.29 is 18.7 Å². The monoisotopic (exact) mass is 510 g/mol. The Morgan fingerprint density at radius 3 is 2.31 bits per heavy atom. The first-order chi connectivity index (χ1) is 17.4. The molecule has 0 unspecified atom stereocenters. The number of piperazine rings is 1. The number of amides is 2. The van der Waals surface area contributed by atoms with Crippen molar-refractivity contribution >= 4 is 28.8 Å². The second-order valence-corrected chi connectivity index (χ2v) is 9.73. The molecule has 1 fully saturated rings. The van der Waals surface area contributed by atoms with Gasteiger partial charge in [-0.2, -0.15) is 0 Å². The molecule has 1 aliphatic rings. The van der Waals surface area contributed by atoms with Crippen molar-refractivity contribution in [1.29, 1.82) is 0 Å². The maximum absolute atomic E-state index is 13.1. The number of methoxy groups -OCH3 is 1. The highest BCUT2D eigenvalue weighted by Gasteiger charge is 2.32. The number of hydrogen-bond donors (Lipinski definition) is 2. The molecule has 2 atom stereocenters. The zero-order valence-electron chi connectivity index (χ0n) is 20.4. The first kappa shape index (κ1) is 25.7. The summed E-state index contributed by atoms with van der Waals surface area (Å²) in [5.41, 5.74) is 1.87. The third-order valence-electron chi connectivity index (χ3n) is 6.38. The average molecular weight is 511 g/mol. The number of ether oxygens (including phenoxy) is 1. The lowest BCUT2D eigenvalue weighted by atomic mass is 10.0. The minimum atomic E-state index is -0.708. The number of rotatable bonds is 8. The lowest BCUT2D eigenvalue weighted by Crippen LogP contribution is -2.53. The first-order valence-corrected chi connectivity index (χ1v) is 12.8. The van der Waals surface area contributed by atoms with Crippen LogP contribution in [0.1, 0.15) is 23.4 Å². The Labute approximate surface area is 214 Å². The van der Waals surface area contributed by atoms with E-state index in [1.165, 1.54) is 12.1 Å². The number of nitrogens with one attached hydrogen (secondary N) is 2. The Kier molecular flexibility index (Phi) is 8.56. The lowest BCUT2D eigenvalue weighted by molar-refractivity contribution is -0.140. The van der Waals surface area contributed by atoms with Crippen LogP contribution in [0.25, 0.3) is 0 Å². The van der Waals surface area contributed by atoms with E-state index in [9.17, 15) is 14.0 Å². The summed E-state index contributed by atoms with van der Waals surface area (Å²) in [7, 11) is 1.66. The van der Waals surface area contributed by atoms with Crippen molar-refractivity contribution in [1.82, 2.24) is 15.5 Å². The van der Waals surface area contributed by atoms with Gasteiger partial charge in [0.25, 0.3) is 0 Å². The fourth-order valence-corrected chi connectivity index (χ4v) is 5.43. The number of anilines is 1. The number of hydrogen-bond acceptors (Lipinski definition) is 6. The van der Waals surface area contributed by atoms with Crippen LogP contribution < -0.4 is 20.3 Å². The average Bonchev–Trinajstić information content (AvgIpc) is 3.43. The van der Waals surface area contributed by atoms with E-state index in [1.54, 1.807) is 30.6 Å². The summed E-state index contributed by atoms with van der Waals surface area (Å²) in [6.07, 6.45) is 0. The summed E-state index contributed by atoms with van der Waals surface area (Å²) < 4.78 is 18.3. The number of thiophene rings is 1. The topological polar surface area (TPSA) is 73.9 Å². The van der Waals surface area contributed by atoms with E-state index in [1.807, 2.05) is 30.5 Å². The Morgan fingerprint density at radius 2 is 1.69 bits per heavy atom. The van der Waals surface area contributed by atoms with Crippen LogP contribution in [-0.2, 0) is 16.1 Å². The van der Waals surface area contributed by atoms with Gasteiger partial charge in [-0.25, -0.2) is 4.39 Å². The lowest BCUT2D eigenvalue weighted by Gasteiger charge is -2.42. The van der Waals surface area contributed by atoms with Gasteiger partial charge in [-0.05, 0) is 60.3 Å². The van der Waals surface area contributed by atoms with Crippen LogP contribution in [0.15, 0.2) is 66.0 Å². The van der Waals surface area contributed by atoms with Crippen molar-refractivity contribution in [2.24, 2.45) is 0 Å². The van der Waals surface area contributed by atoms with E-state index >= 15 is 0 Å². The minimum Gasteiger partial charge on any atom is -0.497 e. The van der Waals surface area contributed by atoms with Gasteiger partial charge in [-0.3, -0.25) is 14.5 Å². The molecule has 1 aromatic heterocycles. The molecule has 9 heteroatoms. The molecule has 0 radical (unpaired) electrons. The molecular formula is C27H31FN4O3S. The van der Waals surface area contributed by atoms with Crippen LogP contribution in [0.3, 0.4) is 0 Å². The molecule has 7 nitrogen and oxygen atoms in total. The largest absolute Gasteiger partial charge is 0.497 e. The highest BCUT2D eigenvalue weighted by molar-refractivity contribution is 7.10. The van der Waals surface area contributed by atoms with Crippen molar-refractivity contribution in [3.05, 3.63) is 82.3 Å². The maximum atomic E-state index is 13.1. The Bertz CT molecular complexity index is 1130. The molecule has 1 saturated heterocycles. The SMILES string of the molecule is COc1ccc(N2CCN([C@H](c3cccs3)[C@@H](C)NC(=O)C(=O)NCc3ccc(F)cc3)CC2)cc1. The smallest absolute Gasteiger partial charge is 0.309 e. The van der Waals surface area contributed by atoms with Gasteiger partial charge in [0.15, 0.2) is 0 Å². The van der Waals surface area contributed by atoms with Gasteiger partial charge in [0.1, 0.15) is 11.6 Å². The quantitative estimate of drug-likeness (QED) is 0.453. The third-order valence-corrected chi connectivity index (χ3v) is 7.33. The highest BCUT2D eigenvalue weighted by atomic mass is 32.1. The minimum absolute atomic E-state index is 0.0446. The summed E-state index contributed by atoms with van der Waals surface area (Å²) in [5, 5.41) is 7.53. The van der Waals surface area contributed by atoms with Gasteiger partial charge in [0.2, 0.25) is 0 Å². The predicted octanol–water partition coefficient (Wildman–Crippen LogP) is 3.58. The Balaban J connectivity index is 1.35. The molecule has 190 valence electrons. The number of halogens is 1. The van der Waals surface area contributed by atoms with Crippen LogP contribution in [0.5, 0.6) is 5.75 Å². The molecule has 3 aromatic rings. The van der Waals surface area contributed by atoms with Gasteiger partial charge in [-0.15, -0.1) is 11.3 Å². The predicted molar refractivity (Wildman–Crippen MR) is 140 cm³/mol. The molecule has 2 heterocycles.